The highest BCUT2D eigenvalue weighted by atomic mass is 16.6. The maximum absolute atomic E-state index is 11.3. The Morgan fingerprint density at radius 2 is 2.20 bits per heavy atom. The number of nitrogens with zero attached hydrogens (tertiary/aromatic N) is 1. The lowest BCUT2D eigenvalue weighted by Crippen LogP contribution is -2.17. The Hall–Kier alpha value is -1.95. The van der Waals surface area contributed by atoms with Gasteiger partial charge in [0.15, 0.2) is 5.78 Å². The van der Waals surface area contributed by atoms with Gasteiger partial charge < -0.3 is 10.4 Å². The second-order valence-corrected chi connectivity index (χ2v) is 5.37. The van der Waals surface area contributed by atoms with E-state index in [1.54, 1.807) is 12.1 Å². The summed E-state index contributed by atoms with van der Waals surface area (Å²) in [6.45, 7) is 2.12. The van der Waals surface area contributed by atoms with Crippen LogP contribution in [-0.4, -0.2) is 29.0 Å². The van der Waals surface area contributed by atoms with Crippen molar-refractivity contribution in [3.05, 3.63) is 33.9 Å². The average Bonchev–Trinajstić information content (AvgIpc) is 3.16. The Morgan fingerprint density at radius 1 is 1.50 bits per heavy atom. The van der Waals surface area contributed by atoms with Crippen LogP contribution in [0.25, 0.3) is 0 Å². The molecule has 0 amide bonds. The molecule has 0 bridgehead atoms. The van der Waals surface area contributed by atoms with E-state index < -0.39 is 4.92 Å². The summed E-state index contributed by atoms with van der Waals surface area (Å²) in [7, 11) is 0. The number of ketones is 1. The van der Waals surface area contributed by atoms with Gasteiger partial charge in [0.25, 0.3) is 5.69 Å². The van der Waals surface area contributed by atoms with Crippen molar-refractivity contribution >= 4 is 17.2 Å². The standard InChI is InChI=1S/C14H18N2O4/c1-10(18)11-2-3-12(13(8-11)16(19)20)15-9-14(4-5-14)6-7-17/h2-3,8,15,17H,4-7,9H2,1H3. The molecule has 6 nitrogen and oxygen atoms in total. The predicted octanol–water partition coefficient (Wildman–Crippen LogP) is 2.37. The third-order valence-corrected chi connectivity index (χ3v) is 3.85. The van der Waals surface area contributed by atoms with Crippen molar-refractivity contribution in [1.82, 2.24) is 0 Å². The summed E-state index contributed by atoms with van der Waals surface area (Å²) in [4.78, 5) is 21.9. The van der Waals surface area contributed by atoms with E-state index in [1.165, 1.54) is 13.0 Å². The highest BCUT2D eigenvalue weighted by Crippen LogP contribution is 2.48. The van der Waals surface area contributed by atoms with Gasteiger partial charge in [0.05, 0.1) is 4.92 Å². The number of anilines is 1. The molecule has 1 aliphatic rings. The number of hydrogen-bond donors (Lipinski definition) is 2. The Kier molecular flexibility index (Phi) is 4.04. The molecule has 20 heavy (non-hydrogen) atoms. The van der Waals surface area contributed by atoms with Gasteiger partial charge in [0.2, 0.25) is 0 Å². The smallest absolute Gasteiger partial charge is 0.293 e. The van der Waals surface area contributed by atoms with Gasteiger partial charge in [0.1, 0.15) is 5.69 Å². The average molecular weight is 278 g/mol. The van der Waals surface area contributed by atoms with E-state index in [4.69, 9.17) is 5.11 Å². The quantitative estimate of drug-likeness (QED) is 0.454. The molecule has 0 radical (unpaired) electrons. The third-order valence-electron chi connectivity index (χ3n) is 3.85. The molecule has 2 rings (SSSR count). The van der Waals surface area contributed by atoms with Crippen LogP contribution in [0.1, 0.15) is 36.5 Å². The second-order valence-electron chi connectivity index (χ2n) is 5.37. The van der Waals surface area contributed by atoms with Gasteiger partial charge >= 0.3 is 0 Å². The number of aliphatic hydroxyl groups excluding tert-OH is 1. The molecule has 2 N–H and O–H groups in total. The summed E-state index contributed by atoms with van der Waals surface area (Å²) in [6.07, 6.45) is 2.76. The van der Waals surface area contributed by atoms with E-state index in [0.717, 1.165) is 12.8 Å². The molecule has 108 valence electrons. The van der Waals surface area contributed by atoms with E-state index in [0.29, 0.717) is 24.2 Å². The molecule has 0 heterocycles. The lowest BCUT2D eigenvalue weighted by Gasteiger charge is -2.15. The zero-order chi connectivity index (χ0) is 14.8. The highest BCUT2D eigenvalue weighted by molar-refractivity contribution is 5.95. The van der Waals surface area contributed by atoms with Crippen LogP contribution in [-0.2, 0) is 0 Å². The largest absolute Gasteiger partial charge is 0.396 e. The van der Waals surface area contributed by atoms with Gasteiger partial charge in [-0.2, -0.15) is 0 Å². The maximum atomic E-state index is 11.3. The van der Waals surface area contributed by atoms with Crippen molar-refractivity contribution in [3.8, 4) is 0 Å². The number of hydrogen-bond acceptors (Lipinski definition) is 5. The summed E-state index contributed by atoms with van der Waals surface area (Å²) in [5.41, 5.74) is 0.738. The minimum absolute atomic E-state index is 0.0713. The molecule has 1 aromatic carbocycles. The summed E-state index contributed by atoms with van der Waals surface area (Å²) in [5, 5.41) is 23.2. The lowest BCUT2D eigenvalue weighted by molar-refractivity contribution is -0.384. The second kappa shape index (κ2) is 5.58. The summed E-state index contributed by atoms with van der Waals surface area (Å²) in [6, 6.07) is 4.46. The molecule has 0 unspecified atom stereocenters. The van der Waals surface area contributed by atoms with E-state index in [1.807, 2.05) is 0 Å². The molecular formula is C14H18N2O4. The number of rotatable bonds is 7. The van der Waals surface area contributed by atoms with Gasteiger partial charge in [-0.15, -0.1) is 0 Å². The molecule has 0 aliphatic heterocycles. The number of Topliss-reactive ketones (excluding diaryl/α,β-unsaturated/α-hetero) is 1. The van der Waals surface area contributed by atoms with Crippen molar-refractivity contribution in [2.75, 3.05) is 18.5 Å². The third kappa shape index (κ3) is 3.14. The van der Waals surface area contributed by atoms with Crippen LogP contribution in [0.15, 0.2) is 18.2 Å². The van der Waals surface area contributed by atoms with Crippen LogP contribution in [0.3, 0.4) is 0 Å². The van der Waals surface area contributed by atoms with Gasteiger partial charge in [0, 0.05) is 24.8 Å². The number of carbonyl (C=O) groups is 1. The first kappa shape index (κ1) is 14.5. The number of nitro groups is 1. The van der Waals surface area contributed by atoms with Gasteiger partial charge in [-0.25, -0.2) is 0 Å². The molecule has 1 aliphatic carbocycles. The molecule has 0 spiro atoms. The molecule has 1 aromatic rings. The van der Waals surface area contributed by atoms with Crippen LogP contribution in [0.4, 0.5) is 11.4 Å². The van der Waals surface area contributed by atoms with Crippen molar-refractivity contribution in [2.45, 2.75) is 26.2 Å². The van der Waals surface area contributed by atoms with Crippen LogP contribution in [0.5, 0.6) is 0 Å². The highest BCUT2D eigenvalue weighted by Gasteiger charge is 2.41. The summed E-state index contributed by atoms with van der Waals surface area (Å²) in [5.74, 6) is -0.196. The molecule has 1 fully saturated rings. The Morgan fingerprint density at radius 3 is 2.70 bits per heavy atom. The first-order chi connectivity index (χ1) is 9.47. The summed E-state index contributed by atoms with van der Waals surface area (Å²) < 4.78 is 0. The van der Waals surface area contributed by atoms with Crippen LogP contribution >= 0.6 is 0 Å². The zero-order valence-corrected chi connectivity index (χ0v) is 11.4. The Balaban J connectivity index is 2.15. The molecular weight excluding hydrogens is 260 g/mol. The fourth-order valence-electron chi connectivity index (χ4n) is 2.26. The SMILES string of the molecule is CC(=O)c1ccc(NCC2(CCO)CC2)c([N+](=O)[O-])c1. The fraction of sp³-hybridized carbons (Fsp3) is 0.500. The van der Waals surface area contributed by atoms with Crippen molar-refractivity contribution in [2.24, 2.45) is 5.41 Å². The first-order valence-corrected chi connectivity index (χ1v) is 6.61. The van der Waals surface area contributed by atoms with Crippen LogP contribution < -0.4 is 5.32 Å². The van der Waals surface area contributed by atoms with E-state index in [9.17, 15) is 14.9 Å². The van der Waals surface area contributed by atoms with Gasteiger partial charge in [-0.1, -0.05) is 0 Å². The van der Waals surface area contributed by atoms with Crippen molar-refractivity contribution < 1.29 is 14.8 Å². The van der Waals surface area contributed by atoms with E-state index in [-0.39, 0.29) is 23.5 Å². The number of carbonyl (C=O) groups excluding carboxylic acids is 1. The molecule has 0 saturated heterocycles. The number of aliphatic hydroxyl groups is 1. The number of nitrogens with one attached hydrogen (secondary N) is 1. The normalized spacial score (nSPS) is 15.7. The van der Waals surface area contributed by atoms with Crippen molar-refractivity contribution in [3.63, 3.8) is 0 Å². The van der Waals surface area contributed by atoms with Gasteiger partial charge in [-0.3, -0.25) is 14.9 Å². The van der Waals surface area contributed by atoms with Crippen LogP contribution in [0, 0.1) is 15.5 Å². The Bertz CT molecular complexity index is 538. The topological polar surface area (TPSA) is 92.5 Å². The van der Waals surface area contributed by atoms with Crippen molar-refractivity contribution in [1.29, 1.82) is 0 Å². The summed E-state index contributed by atoms with van der Waals surface area (Å²) >= 11 is 0. The predicted molar refractivity (Wildman–Crippen MR) is 75.0 cm³/mol. The van der Waals surface area contributed by atoms with E-state index >= 15 is 0 Å². The fourth-order valence-corrected chi connectivity index (χ4v) is 2.26. The Labute approximate surface area is 117 Å². The van der Waals surface area contributed by atoms with E-state index in [2.05, 4.69) is 5.32 Å². The minimum atomic E-state index is -0.486. The number of benzene rings is 1. The zero-order valence-electron chi connectivity index (χ0n) is 11.4. The molecule has 0 atom stereocenters. The maximum Gasteiger partial charge on any atom is 0.293 e. The monoisotopic (exact) mass is 278 g/mol. The first-order valence-electron chi connectivity index (χ1n) is 6.61. The minimum Gasteiger partial charge on any atom is -0.396 e. The van der Waals surface area contributed by atoms with Crippen LogP contribution in [0.2, 0.25) is 0 Å². The molecule has 1 saturated carbocycles. The molecule has 0 aromatic heterocycles. The number of nitro benzene ring substituents is 1. The molecule has 6 heteroatoms. The lowest BCUT2D eigenvalue weighted by atomic mass is 10.0. The van der Waals surface area contributed by atoms with Gasteiger partial charge in [-0.05, 0) is 43.7 Å².